The summed E-state index contributed by atoms with van der Waals surface area (Å²) in [7, 11) is 0. The van der Waals surface area contributed by atoms with Crippen molar-refractivity contribution in [2.45, 2.75) is 6.61 Å². The van der Waals surface area contributed by atoms with Crippen LogP contribution in [0.25, 0.3) is 0 Å². The minimum Gasteiger partial charge on any atom is -0.392 e. The van der Waals surface area contributed by atoms with Crippen LogP contribution >= 0.6 is 11.6 Å². The van der Waals surface area contributed by atoms with E-state index in [4.69, 9.17) is 16.9 Å². The number of aliphatic hydroxyl groups excluding tert-OH is 1. The first-order valence-electron chi connectivity index (χ1n) is 5.60. The van der Waals surface area contributed by atoms with Crippen LogP contribution in [0.4, 0.5) is 0 Å². The molecule has 1 N–H and O–H groups in total. The van der Waals surface area contributed by atoms with Gasteiger partial charge in [-0.1, -0.05) is 11.6 Å². The lowest BCUT2D eigenvalue weighted by Crippen LogP contribution is -2.06. The first-order valence-corrected chi connectivity index (χ1v) is 5.97. The summed E-state index contributed by atoms with van der Waals surface area (Å²) in [6.07, 6.45) is 0. The molecule has 2 aromatic carbocycles. The van der Waals surface area contributed by atoms with Crippen molar-refractivity contribution in [3.8, 4) is 6.07 Å². The summed E-state index contributed by atoms with van der Waals surface area (Å²) >= 11 is 5.77. The second-order valence-corrected chi connectivity index (χ2v) is 4.41. The van der Waals surface area contributed by atoms with Gasteiger partial charge in [0.05, 0.1) is 18.2 Å². The van der Waals surface area contributed by atoms with E-state index >= 15 is 0 Å². The normalized spacial score (nSPS) is 9.95. The molecule has 3 nitrogen and oxygen atoms in total. The van der Waals surface area contributed by atoms with Gasteiger partial charge in [-0.2, -0.15) is 5.26 Å². The largest absolute Gasteiger partial charge is 0.392 e. The molecule has 4 heteroatoms. The van der Waals surface area contributed by atoms with Crippen molar-refractivity contribution in [2.24, 2.45) is 0 Å². The van der Waals surface area contributed by atoms with E-state index in [1.54, 1.807) is 36.4 Å². The Hall–Kier alpha value is -2.15. The molecule has 19 heavy (non-hydrogen) atoms. The molecular formula is C15H10ClNO2. The maximum absolute atomic E-state index is 12.3. The van der Waals surface area contributed by atoms with Crippen LogP contribution in [0.1, 0.15) is 27.0 Å². The fourth-order valence-corrected chi connectivity index (χ4v) is 1.90. The van der Waals surface area contributed by atoms with Gasteiger partial charge in [-0.05, 0) is 48.0 Å². The quantitative estimate of drug-likeness (QED) is 0.873. The summed E-state index contributed by atoms with van der Waals surface area (Å²) in [5.74, 6) is -0.204. The monoisotopic (exact) mass is 271 g/mol. The minimum atomic E-state index is -0.288. The molecule has 2 rings (SSSR count). The van der Waals surface area contributed by atoms with Crippen molar-refractivity contribution in [1.82, 2.24) is 0 Å². The van der Waals surface area contributed by atoms with Crippen LogP contribution in [0, 0.1) is 11.3 Å². The third-order valence-electron chi connectivity index (χ3n) is 2.76. The molecule has 0 atom stereocenters. The fraction of sp³-hybridized carbons (Fsp3) is 0.0667. The standard InChI is InChI=1S/C15H10ClNO2/c16-13-4-2-11(3-5-13)15(19)14-6-1-10(8-17)7-12(14)9-18/h1-7,18H,9H2. The molecule has 94 valence electrons. The highest BCUT2D eigenvalue weighted by Gasteiger charge is 2.13. The Morgan fingerprint density at radius 1 is 1.21 bits per heavy atom. The maximum atomic E-state index is 12.3. The smallest absolute Gasteiger partial charge is 0.193 e. The molecule has 0 aromatic heterocycles. The van der Waals surface area contributed by atoms with Crippen molar-refractivity contribution in [2.75, 3.05) is 0 Å². The van der Waals surface area contributed by atoms with Crippen molar-refractivity contribution in [3.63, 3.8) is 0 Å². The Morgan fingerprint density at radius 2 is 1.89 bits per heavy atom. The zero-order chi connectivity index (χ0) is 13.8. The molecular weight excluding hydrogens is 262 g/mol. The Labute approximate surface area is 115 Å². The van der Waals surface area contributed by atoms with Crippen LogP contribution in [0.3, 0.4) is 0 Å². The summed E-state index contributed by atoms with van der Waals surface area (Å²) in [6, 6.07) is 13.1. The van der Waals surface area contributed by atoms with Gasteiger partial charge in [-0.3, -0.25) is 4.79 Å². The predicted molar refractivity (Wildman–Crippen MR) is 72.0 cm³/mol. The van der Waals surface area contributed by atoms with Gasteiger partial charge in [0.1, 0.15) is 0 Å². The molecule has 0 aliphatic rings. The van der Waals surface area contributed by atoms with Gasteiger partial charge in [0, 0.05) is 16.1 Å². The number of carbonyl (C=O) groups is 1. The van der Waals surface area contributed by atoms with Gasteiger partial charge in [-0.25, -0.2) is 0 Å². The maximum Gasteiger partial charge on any atom is 0.193 e. The average Bonchev–Trinajstić information content (AvgIpc) is 2.46. The predicted octanol–water partition coefficient (Wildman–Crippen LogP) is 2.93. The molecule has 0 radical (unpaired) electrons. The molecule has 0 amide bonds. The number of ketones is 1. The number of rotatable bonds is 3. The molecule has 0 spiro atoms. The Morgan fingerprint density at radius 3 is 2.47 bits per heavy atom. The first-order chi connectivity index (χ1) is 9.15. The summed E-state index contributed by atoms with van der Waals surface area (Å²) in [4.78, 5) is 12.3. The summed E-state index contributed by atoms with van der Waals surface area (Å²) in [5, 5.41) is 18.7. The summed E-state index contributed by atoms with van der Waals surface area (Å²) in [5.41, 5.74) is 1.74. The molecule has 0 aliphatic carbocycles. The van der Waals surface area contributed by atoms with Gasteiger partial charge in [0.2, 0.25) is 0 Å². The van der Waals surface area contributed by atoms with Crippen molar-refractivity contribution in [1.29, 1.82) is 5.26 Å². The van der Waals surface area contributed by atoms with E-state index in [9.17, 15) is 9.90 Å². The highest BCUT2D eigenvalue weighted by Crippen LogP contribution is 2.18. The van der Waals surface area contributed by atoms with Gasteiger partial charge in [0.25, 0.3) is 0 Å². The van der Waals surface area contributed by atoms with Crippen LogP contribution < -0.4 is 0 Å². The number of benzene rings is 2. The van der Waals surface area contributed by atoms with Gasteiger partial charge in [0.15, 0.2) is 5.78 Å². The SMILES string of the molecule is N#Cc1ccc(C(=O)c2ccc(Cl)cc2)c(CO)c1. The van der Waals surface area contributed by atoms with E-state index < -0.39 is 0 Å². The number of aliphatic hydroxyl groups is 1. The van der Waals surface area contributed by atoms with Crippen LogP contribution in [0.2, 0.25) is 5.02 Å². The molecule has 0 heterocycles. The Bertz CT molecular complexity index is 657. The molecule has 0 fully saturated rings. The van der Waals surface area contributed by atoms with E-state index in [0.29, 0.717) is 27.3 Å². The first kappa shape index (κ1) is 13.3. The third kappa shape index (κ3) is 2.82. The van der Waals surface area contributed by atoms with Gasteiger partial charge < -0.3 is 5.11 Å². The number of nitriles is 1. The Kier molecular flexibility index (Phi) is 3.96. The van der Waals surface area contributed by atoms with E-state index in [2.05, 4.69) is 0 Å². The van der Waals surface area contributed by atoms with E-state index in [1.165, 1.54) is 6.07 Å². The number of hydrogen-bond acceptors (Lipinski definition) is 3. The van der Waals surface area contributed by atoms with Crippen LogP contribution in [0.15, 0.2) is 42.5 Å². The van der Waals surface area contributed by atoms with E-state index in [0.717, 1.165) is 0 Å². The lowest BCUT2D eigenvalue weighted by atomic mass is 9.97. The fourth-order valence-electron chi connectivity index (χ4n) is 1.77. The highest BCUT2D eigenvalue weighted by atomic mass is 35.5. The van der Waals surface area contributed by atoms with Crippen molar-refractivity contribution in [3.05, 3.63) is 69.7 Å². The number of nitrogens with zero attached hydrogens (tertiary/aromatic N) is 1. The molecule has 0 unspecified atom stereocenters. The lowest BCUT2D eigenvalue weighted by Gasteiger charge is -2.07. The zero-order valence-corrected chi connectivity index (χ0v) is 10.7. The zero-order valence-electron chi connectivity index (χ0n) is 9.93. The van der Waals surface area contributed by atoms with Crippen LogP contribution in [-0.2, 0) is 6.61 Å². The van der Waals surface area contributed by atoms with Gasteiger partial charge in [-0.15, -0.1) is 0 Å². The van der Waals surface area contributed by atoms with Crippen molar-refractivity contribution < 1.29 is 9.90 Å². The van der Waals surface area contributed by atoms with Gasteiger partial charge >= 0.3 is 0 Å². The summed E-state index contributed by atoms with van der Waals surface area (Å²) in [6.45, 7) is -0.288. The molecule has 2 aromatic rings. The average molecular weight is 272 g/mol. The summed E-state index contributed by atoms with van der Waals surface area (Å²) < 4.78 is 0. The topological polar surface area (TPSA) is 61.1 Å². The number of hydrogen-bond donors (Lipinski definition) is 1. The van der Waals surface area contributed by atoms with Crippen LogP contribution in [-0.4, -0.2) is 10.9 Å². The number of halogens is 1. The molecule has 0 saturated carbocycles. The lowest BCUT2D eigenvalue weighted by molar-refractivity contribution is 0.103. The van der Waals surface area contributed by atoms with Crippen LogP contribution in [0.5, 0.6) is 0 Å². The molecule has 0 bridgehead atoms. The Balaban J connectivity index is 2.44. The van der Waals surface area contributed by atoms with E-state index in [-0.39, 0.29) is 12.4 Å². The third-order valence-corrected chi connectivity index (χ3v) is 3.01. The second-order valence-electron chi connectivity index (χ2n) is 3.98. The van der Waals surface area contributed by atoms with Crippen molar-refractivity contribution >= 4 is 17.4 Å². The molecule has 0 saturated heterocycles. The second kappa shape index (κ2) is 5.66. The minimum absolute atomic E-state index is 0.204. The molecule has 0 aliphatic heterocycles. The number of carbonyl (C=O) groups excluding carboxylic acids is 1. The highest BCUT2D eigenvalue weighted by molar-refractivity contribution is 6.30. The van der Waals surface area contributed by atoms with E-state index in [1.807, 2.05) is 6.07 Å².